The highest BCUT2D eigenvalue weighted by atomic mass is 16.3. The average Bonchev–Trinajstić information content (AvgIpc) is 2.96. The van der Waals surface area contributed by atoms with Crippen LogP contribution in [0.4, 0.5) is 0 Å². The molecule has 178 valence electrons. The normalized spacial score (nSPS) is 47.4. The molecule has 3 saturated carbocycles. The highest BCUT2D eigenvalue weighted by molar-refractivity contribution is 5.32. The maximum Gasteiger partial charge on any atom is 0.0594 e. The number of hydrogen-bond acceptors (Lipinski definition) is 1. The zero-order valence-corrected chi connectivity index (χ0v) is 22.1. The fourth-order valence-electron chi connectivity index (χ4n) is 9.72. The van der Waals surface area contributed by atoms with E-state index in [0.29, 0.717) is 22.2 Å². The molecule has 8 atom stereocenters. The molecule has 0 saturated heterocycles. The van der Waals surface area contributed by atoms with Crippen molar-refractivity contribution in [3.05, 3.63) is 11.6 Å². The Labute approximate surface area is 193 Å². The summed E-state index contributed by atoms with van der Waals surface area (Å²) in [4.78, 5) is 0. The summed E-state index contributed by atoms with van der Waals surface area (Å²) in [6.45, 7) is 20.0. The minimum Gasteiger partial charge on any atom is -0.393 e. The molecule has 0 aromatic carbocycles. The average molecular weight is 429 g/mol. The lowest BCUT2D eigenvalue weighted by Crippen LogP contribution is -2.57. The maximum absolute atomic E-state index is 10.8. The van der Waals surface area contributed by atoms with Gasteiger partial charge in [0.15, 0.2) is 0 Å². The second kappa shape index (κ2) is 7.89. The summed E-state index contributed by atoms with van der Waals surface area (Å²) in [7, 11) is 0. The number of fused-ring (bicyclic) bond motifs is 5. The maximum atomic E-state index is 10.8. The molecule has 3 fully saturated rings. The predicted octanol–water partition coefficient (Wildman–Crippen LogP) is 8.41. The van der Waals surface area contributed by atoms with Crippen LogP contribution in [0, 0.1) is 51.2 Å². The molecule has 0 aromatic heterocycles. The first-order valence-electron chi connectivity index (χ1n) is 13.8. The zero-order valence-electron chi connectivity index (χ0n) is 22.1. The molecule has 0 aromatic rings. The monoisotopic (exact) mass is 428 g/mol. The third-order valence-electron chi connectivity index (χ3n) is 12.0. The number of aliphatic hydroxyl groups is 1. The molecular weight excluding hydrogens is 376 g/mol. The Kier molecular flexibility index (Phi) is 6.07. The molecule has 0 bridgehead atoms. The molecule has 1 N–H and O–H groups in total. The number of rotatable bonds is 5. The Bertz CT molecular complexity index is 703. The summed E-state index contributed by atoms with van der Waals surface area (Å²) < 4.78 is 0. The Morgan fingerprint density at radius 2 is 1.61 bits per heavy atom. The molecule has 0 unspecified atom stereocenters. The first kappa shape index (κ1) is 23.8. The van der Waals surface area contributed by atoms with Gasteiger partial charge >= 0.3 is 0 Å². The van der Waals surface area contributed by atoms with E-state index in [4.69, 9.17) is 0 Å². The van der Waals surface area contributed by atoms with Crippen LogP contribution in [0.25, 0.3) is 0 Å². The van der Waals surface area contributed by atoms with Crippen molar-refractivity contribution < 1.29 is 5.11 Å². The molecule has 4 aliphatic carbocycles. The minimum atomic E-state index is -0.130. The molecule has 0 radical (unpaired) electrons. The molecule has 0 spiro atoms. The van der Waals surface area contributed by atoms with Crippen LogP contribution >= 0.6 is 0 Å². The lowest BCUT2D eigenvalue weighted by atomic mass is 9.41. The number of aliphatic hydroxyl groups excluding tert-OH is 1. The van der Waals surface area contributed by atoms with E-state index < -0.39 is 0 Å². The van der Waals surface area contributed by atoms with Crippen LogP contribution in [0.15, 0.2) is 11.6 Å². The number of hydrogen-bond donors (Lipinski definition) is 1. The molecule has 4 aliphatic rings. The first-order chi connectivity index (χ1) is 14.4. The van der Waals surface area contributed by atoms with Crippen molar-refractivity contribution in [3.63, 3.8) is 0 Å². The zero-order chi connectivity index (χ0) is 22.8. The minimum absolute atomic E-state index is 0.0452. The van der Waals surface area contributed by atoms with Crippen molar-refractivity contribution in [3.8, 4) is 0 Å². The fraction of sp³-hybridized carbons (Fsp3) is 0.933. The van der Waals surface area contributed by atoms with Gasteiger partial charge in [0, 0.05) is 0 Å². The van der Waals surface area contributed by atoms with E-state index in [1.807, 2.05) is 5.57 Å². The number of allylic oxidation sites excluding steroid dienone is 2. The standard InChI is InChI=1S/C30H52O/c1-20(2)10-9-11-21(3)22-14-18-30(8)24-12-13-25-27(4,5)26(31)16-17-28(25,6)23(24)15-19-29(22,30)7/h15,20-22,24-26,31H,9-14,16-19H2,1-8H3/t21-,22-,24-,25+,26+,28-,29-,30+/m1/s1. The van der Waals surface area contributed by atoms with Gasteiger partial charge in [-0.25, -0.2) is 0 Å². The molecule has 31 heavy (non-hydrogen) atoms. The summed E-state index contributed by atoms with van der Waals surface area (Å²) in [5, 5.41) is 10.8. The molecule has 0 amide bonds. The summed E-state index contributed by atoms with van der Waals surface area (Å²) in [5.74, 6) is 3.98. The molecular formula is C30H52O. The second-order valence-corrected chi connectivity index (χ2v) is 14.1. The SMILES string of the molecule is CC(C)CCC[C@@H](C)[C@H]1CC[C@@]2(C)[C@@H]3CC[C@H]4C(C)(C)[C@@H](O)CC[C@]4(C)C3=CC[C@]12C. The van der Waals surface area contributed by atoms with Crippen molar-refractivity contribution in [1.29, 1.82) is 0 Å². The van der Waals surface area contributed by atoms with Gasteiger partial charge in [-0.05, 0) is 96.2 Å². The van der Waals surface area contributed by atoms with Gasteiger partial charge in [-0.15, -0.1) is 0 Å². The van der Waals surface area contributed by atoms with Crippen LogP contribution in [0.5, 0.6) is 0 Å². The Hall–Kier alpha value is -0.300. The van der Waals surface area contributed by atoms with Crippen molar-refractivity contribution in [1.82, 2.24) is 0 Å². The first-order valence-corrected chi connectivity index (χ1v) is 13.8. The fourth-order valence-corrected chi connectivity index (χ4v) is 9.72. The highest BCUT2D eigenvalue weighted by Gasteiger charge is 2.65. The second-order valence-electron chi connectivity index (χ2n) is 14.1. The Morgan fingerprint density at radius 3 is 2.29 bits per heavy atom. The van der Waals surface area contributed by atoms with Gasteiger partial charge in [0.2, 0.25) is 0 Å². The largest absolute Gasteiger partial charge is 0.393 e. The van der Waals surface area contributed by atoms with Crippen LogP contribution in [0.1, 0.15) is 120 Å². The van der Waals surface area contributed by atoms with Gasteiger partial charge < -0.3 is 5.11 Å². The molecule has 1 heteroatoms. The molecule has 4 rings (SSSR count). The van der Waals surface area contributed by atoms with E-state index in [0.717, 1.165) is 30.1 Å². The van der Waals surface area contributed by atoms with Crippen LogP contribution < -0.4 is 0 Å². The lowest BCUT2D eigenvalue weighted by Gasteiger charge is -2.64. The van der Waals surface area contributed by atoms with E-state index in [-0.39, 0.29) is 11.5 Å². The quantitative estimate of drug-likeness (QED) is 0.436. The van der Waals surface area contributed by atoms with Gasteiger partial charge in [-0.1, -0.05) is 86.3 Å². The smallest absolute Gasteiger partial charge is 0.0594 e. The van der Waals surface area contributed by atoms with E-state index in [1.165, 1.54) is 57.8 Å². The molecule has 0 aliphatic heterocycles. The highest BCUT2D eigenvalue weighted by Crippen LogP contribution is 2.73. The third kappa shape index (κ3) is 3.41. The van der Waals surface area contributed by atoms with Gasteiger partial charge in [-0.3, -0.25) is 0 Å². The summed E-state index contributed by atoms with van der Waals surface area (Å²) in [6.07, 6.45) is 15.8. The van der Waals surface area contributed by atoms with Gasteiger partial charge in [0.25, 0.3) is 0 Å². The van der Waals surface area contributed by atoms with Crippen LogP contribution in [-0.2, 0) is 0 Å². The van der Waals surface area contributed by atoms with Crippen LogP contribution in [0.2, 0.25) is 0 Å². The van der Waals surface area contributed by atoms with Crippen molar-refractivity contribution in [2.24, 2.45) is 51.2 Å². The predicted molar refractivity (Wildman–Crippen MR) is 133 cm³/mol. The van der Waals surface area contributed by atoms with Gasteiger partial charge in [0.1, 0.15) is 0 Å². The lowest BCUT2D eigenvalue weighted by molar-refractivity contribution is -0.118. The third-order valence-corrected chi connectivity index (χ3v) is 12.0. The molecule has 1 nitrogen and oxygen atoms in total. The van der Waals surface area contributed by atoms with Crippen molar-refractivity contribution in [2.45, 2.75) is 126 Å². The van der Waals surface area contributed by atoms with E-state index in [1.54, 1.807) is 0 Å². The van der Waals surface area contributed by atoms with Crippen LogP contribution in [0.3, 0.4) is 0 Å². The van der Waals surface area contributed by atoms with E-state index in [9.17, 15) is 5.11 Å². The van der Waals surface area contributed by atoms with E-state index >= 15 is 0 Å². The summed E-state index contributed by atoms with van der Waals surface area (Å²) in [5.41, 5.74) is 3.09. The van der Waals surface area contributed by atoms with Crippen molar-refractivity contribution in [2.75, 3.05) is 0 Å². The van der Waals surface area contributed by atoms with Gasteiger partial charge in [-0.2, -0.15) is 0 Å². The molecule has 0 heterocycles. The topological polar surface area (TPSA) is 20.2 Å². The van der Waals surface area contributed by atoms with Crippen molar-refractivity contribution >= 4 is 0 Å². The Morgan fingerprint density at radius 1 is 0.903 bits per heavy atom. The Balaban J connectivity index is 1.61. The van der Waals surface area contributed by atoms with Gasteiger partial charge in [0.05, 0.1) is 6.10 Å². The summed E-state index contributed by atoms with van der Waals surface area (Å²) >= 11 is 0. The van der Waals surface area contributed by atoms with Crippen LogP contribution in [-0.4, -0.2) is 11.2 Å². The van der Waals surface area contributed by atoms with E-state index in [2.05, 4.69) is 61.5 Å². The summed E-state index contributed by atoms with van der Waals surface area (Å²) in [6, 6.07) is 0.